The molecule has 20 heavy (non-hydrogen) atoms. The number of carbonyl (C=O) groups is 1. The average Bonchev–Trinajstić information content (AvgIpc) is 3.01. The second-order valence-electron chi connectivity index (χ2n) is 7.84. The van der Waals surface area contributed by atoms with Crippen LogP contribution in [0, 0.1) is 23.7 Å². The van der Waals surface area contributed by atoms with Gasteiger partial charge in [-0.05, 0) is 37.1 Å². The van der Waals surface area contributed by atoms with Crippen molar-refractivity contribution in [2.75, 3.05) is 0 Å². The molecular formula is C17H26O2Si. The van der Waals surface area contributed by atoms with Crippen LogP contribution in [0.4, 0.5) is 0 Å². The van der Waals surface area contributed by atoms with Gasteiger partial charge in [0.15, 0.2) is 0 Å². The van der Waals surface area contributed by atoms with Gasteiger partial charge in [0.2, 0.25) is 0 Å². The van der Waals surface area contributed by atoms with Crippen LogP contribution in [0.3, 0.4) is 0 Å². The Balaban J connectivity index is 1.52. The molecule has 0 spiro atoms. The van der Waals surface area contributed by atoms with Gasteiger partial charge in [-0.1, -0.05) is 43.9 Å². The molecule has 2 aliphatic carbocycles. The quantitative estimate of drug-likeness (QED) is 0.434. The molecule has 1 heterocycles. The summed E-state index contributed by atoms with van der Waals surface area (Å²) < 4.78 is 5.65. The van der Waals surface area contributed by atoms with E-state index in [-0.39, 0.29) is 18.0 Å². The number of cyclic esters (lactones) is 1. The van der Waals surface area contributed by atoms with Crippen molar-refractivity contribution in [1.29, 1.82) is 0 Å². The fourth-order valence-corrected chi connectivity index (χ4v) is 4.95. The van der Waals surface area contributed by atoms with Crippen LogP contribution < -0.4 is 0 Å². The number of carbonyl (C=O) groups excluding carboxylic acids is 1. The van der Waals surface area contributed by atoms with E-state index in [2.05, 4.69) is 43.9 Å². The number of hydrogen-bond acceptors (Lipinski definition) is 2. The van der Waals surface area contributed by atoms with Crippen LogP contribution in [0.2, 0.25) is 25.7 Å². The highest BCUT2D eigenvalue weighted by Gasteiger charge is 2.57. The second-order valence-corrected chi connectivity index (χ2v) is 13.4. The van der Waals surface area contributed by atoms with Crippen molar-refractivity contribution in [1.82, 2.24) is 0 Å². The summed E-state index contributed by atoms with van der Waals surface area (Å²) in [5.41, 5.74) is 0. The van der Waals surface area contributed by atoms with E-state index in [9.17, 15) is 4.79 Å². The van der Waals surface area contributed by atoms with Crippen LogP contribution >= 0.6 is 0 Å². The Hall–Kier alpha value is -0.833. The van der Waals surface area contributed by atoms with E-state index in [4.69, 9.17) is 4.74 Å². The molecule has 1 saturated carbocycles. The molecule has 0 N–H and O–H groups in total. The summed E-state index contributed by atoms with van der Waals surface area (Å²) in [6, 6.07) is 1.25. The van der Waals surface area contributed by atoms with Gasteiger partial charge in [0.1, 0.15) is 6.10 Å². The summed E-state index contributed by atoms with van der Waals surface area (Å²) in [6.45, 7) is 7.17. The van der Waals surface area contributed by atoms with Crippen molar-refractivity contribution in [2.45, 2.75) is 51.1 Å². The topological polar surface area (TPSA) is 26.3 Å². The molecule has 3 rings (SSSR count). The van der Waals surface area contributed by atoms with E-state index in [0.717, 1.165) is 12.8 Å². The number of ether oxygens (including phenoxy) is 1. The van der Waals surface area contributed by atoms with Gasteiger partial charge >= 0.3 is 5.97 Å². The minimum atomic E-state index is -0.963. The Morgan fingerprint density at radius 3 is 2.75 bits per heavy atom. The Morgan fingerprint density at radius 1 is 1.25 bits per heavy atom. The Kier molecular flexibility index (Phi) is 3.65. The van der Waals surface area contributed by atoms with Crippen molar-refractivity contribution in [3.05, 3.63) is 24.3 Å². The molecule has 0 aromatic carbocycles. The number of hydrogen-bond donors (Lipinski definition) is 0. The van der Waals surface area contributed by atoms with Crippen LogP contribution in [-0.4, -0.2) is 20.1 Å². The highest BCUT2D eigenvalue weighted by atomic mass is 28.3. The molecule has 110 valence electrons. The third-order valence-electron chi connectivity index (χ3n) is 5.00. The molecule has 2 fully saturated rings. The summed E-state index contributed by atoms with van der Waals surface area (Å²) in [5, 5.41) is 0. The lowest BCUT2D eigenvalue weighted by atomic mass is 9.80. The van der Waals surface area contributed by atoms with Crippen LogP contribution in [0.5, 0.6) is 0 Å². The van der Waals surface area contributed by atoms with E-state index >= 15 is 0 Å². The van der Waals surface area contributed by atoms with Gasteiger partial charge in [0, 0.05) is 14.0 Å². The zero-order valence-electron chi connectivity index (χ0n) is 12.8. The molecule has 2 nitrogen and oxygen atoms in total. The highest BCUT2D eigenvalue weighted by molar-refractivity contribution is 6.76. The normalized spacial score (nSPS) is 38.8. The minimum absolute atomic E-state index is 0.0722. The predicted octanol–water partition coefficient (Wildman–Crippen LogP) is 4.02. The Morgan fingerprint density at radius 2 is 2.00 bits per heavy atom. The fraction of sp³-hybridized carbons (Fsp3) is 0.706. The molecule has 0 radical (unpaired) electrons. The number of allylic oxidation sites excluding steroid dienone is 4. The zero-order chi connectivity index (χ0) is 14.3. The van der Waals surface area contributed by atoms with E-state index in [1.165, 1.54) is 12.5 Å². The molecule has 5 atom stereocenters. The molecular weight excluding hydrogens is 264 g/mol. The molecule has 2 bridgehead atoms. The molecule has 0 aromatic rings. The second kappa shape index (κ2) is 5.17. The number of esters is 1. The van der Waals surface area contributed by atoms with Gasteiger partial charge in [0.25, 0.3) is 0 Å². The maximum Gasteiger partial charge on any atom is 0.310 e. The summed E-state index contributed by atoms with van der Waals surface area (Å²) in [6.07, 6.45) is 12.6. The van der Waals surface area contributed by atoms with Gasteiger partial charge in [0.05, 0.1) is 5.92 Å². The molecule has 3 heteroatoms. The Bertz CT molecular complexity index is 446. The molecule has 3 aliphatic rings. The monoisotopic (exact) mass is 290 g/mol. The van der Waals surface area contributed by atoms with Crippen molar-refractivity contribution in [3.8, 4) is 0 Å². The predicted molar refractivity (Wildman–Crippen MR) is 84.1 cm³/mol. The summed E-state index contributed by atoms with van der Waals surface area (Å²) in [5.74, 6) is 1.81. The third kappa shape index (κ3) is 2.65. The van der Waals surface area contributed by atoms with E-state index < -0.39 is 8.07 Å². The van der Waals surface area contributed by atoms with Crippen molar-refractivity contribution >= 4 is 14.0 Å². The van der Waals surface area contributed by atoms with Crippen LogP contribution in [0.25, 0.3) is 0 Å². The highest BCUT2D eigenvalue weighted by Crippen LogP contribution is 2.54. The van der Waals surface area contributed by atoms with Crippen molar-refractivity contribution in [2.24, 2.45) is 23.7 Å². The first-order chi connectivity index (χ1) is 9.46. The summed E-state index contributed by atoms with van der Waals surface area (Å²) in [7, 11) is -0.963. The van der Waals surface area contributed by atoms with Gasteiger partial charge < -0.3 is 4.74 Å². The van der Waals surface area contributed by atoms with E-state index in [1.54, 1.807) is 0 Å². The zero-order valence-corrected chi connectivity index (χ0v) is 13.8. The largest absolute Gasteiger partial charge is 0.462 e. The van der Waals surface area contributed by atoms with Crippen molar-refractivity contribution in [3.63, 3.8) is 0 Å². The van der Waals surface area contributed by atoms with E-state index in [1.807, 2.05) is 0 Å². The Labute approximate surface area is 123 Å². The standard InChI is InChI=1S/C17H26O2Si/c1-20(2,3)10-6-4-5-7-14-15-12-8-9-13(11-12)16(15)17(18)19-14/h4,6,8-9,12-16H,5,7,10-11H2,1-3H3/b6-4-/t12-,13+,14+,15+,16+/m1/s1. The average molecular weight is 290 g/mol. The maximum absolute atomic E-state index is 12.0. The first kappa shape index (κ1) is 14.1. The molecule has 1 aliphatic heterocycles. The maximum atomic E-state index is 12.0. The van der Waals surface area contributed by atoms with Crippen LogP contribution in [0.1, 0.15) is 19.3 Å². The smallest absolute Gasteiger partial charge is 0.310 e. The SMILES string of the molecule is C[Si](C)(C)C/C=C\CC[C@@H]1OC(=O)[C@@H]2[C@H]1[C@@H]1C=C[C@H]2C1. The molecule has 0 aromatic heterocycles. The first-order valence-electron chi connectivity index (χ1n) is 7.99. The third-order valence-corrected chi connectivity index (χ3v) is 6.46. The summed E-state index contributed by atoms with van der Waals surface area (Å²) >= 11 is 0. The number of fused-ring (bicyclic) bond motifs is 5. The van der Waals surface area contributed by atoms with E-state index in [0.29, 0.717) is 17.8 Å². The lowest BCUT2D eigenvalue weighted by Gasteiger charge is -2.21. The molecule has 1 saturated heterocycles. The fourth-order valence-electron chi connectivity index (χ4n) is 4.07. The van der Waals surface area contributed by atoms with Crippen LogP contribution in [0.15, 0.2) is 24.3 Å². The first-order valence-corrected chi connectivity index (χ1v) is 11.7. The van der Waals surface area contributed by atoms with Gasteiger partial charge in [-0.25, -0.2) is 0 Å². The van der Waals surface area contributed by atoms with Gasteiger partial charge in [-0.2, -0.15) is 0 Å². The van der Waals surface area contributed by atoms with Crippen molar-refractivity contribution < 1.29 is 9.53 Å². The lowest BCUT2D eigenvalue weighted by Crippen LogP contribution is -2.24. The molecule has 0 unspecified atom stereocenters. The number of rotatable bonds is 5. The van der Waals surface area contributed by atoms with Gasteiger partial charge in [-0.15, -0.1) is 0 Å². The van der Waals surface area contributed by atoms with Crippen LogP contribution in [-0.2, 0) is 9.53 Å². The minimum Gasteiger partial charge on any atom is -0.462 e. The van der Waals surface area contributed by atoms with Gasteiger partial charge in [-0.3, -0.25) is 4.79 Å². The molecule has 0 amide bonds. The summed E-state index contributed by atoms with van der Waals surface area (Å²) in [4.78, 5) is 12.0. The lowest BCUT2D eigenvalue weighted by molar-refractivity contribution is -0.145.